The summed E-state index contributed by atoms with van der Waals surface area (Å²) in [6.45, 7) is 4.84. The molecule has 5 aliphatic rings. The number of epoxide rings is 1. The average molecular weight is 278 g/mol. The van der Waals surface area contributed by atoms with Crippen molar-refractivity contribution in [1.82, 2.24) is 0 Å². The van der Waals surface area contributed by atoms with E-state index >= 15 is 0 Å². The Kier molecular flexibility index (Phi) is 2.34. The maximum atomic E-state index is 5.88. The molecule has 2 heteroatoms. The lowest BCUT2D eigenvalue weighted by Crippen LogP contribution is -2.38. The van der Waals surface area contributed by atoms with Crippen LogP contribution in [-0.2, 0) is 4.74 Å². The Morgan fingerprint density at radius 1 is 1.16 bits per heavy atom. The second-order valence-corrected chi connectivity index (χ2v) is 9.41. The number of fused-ring (bicyclic) bond motifs is 6. The van der Waals surface area contributed by atoms with E-state index in [1.807, 2.05) is 0 Å². The molecule has 106 valence electrons. The summed E-state index contributed by atoms with van der Waals surface area (Å²) in [5.41, 5.74) is 0.787. The monoisotopic (exact) mass is 278 g/mol. The van der Waals surface area contributed by atoms with Crippen LogP contribution in [0.3, 0.4) is 0 Å². The first-order chi connectivity index (χ1) is 9.20. The van der Waals surface area contributed by atoms with Gasteiger partial charge in [-0.1, -0.05) is 6.92 Å². The average Bonchev–Trinajstić information content (AvgIpc) is 2.86. The van der Waals surface area contributed by atoms with Crippen LogP contribution in [0.15, 0.2) is 0 Å². The van der Waals surface area contributed by atoms with Crippen molar-refractivity contribution in [3.63, 3.8) is 0 Å². The van der Waals surface area contributed by atoms with Gasteiger partial charge in [0.1, 0.15) is 0 Å². The zero-order valence-electron chi connectivity index (χ0n) is 12.2. The van der Waals surface area contributed by atoms with Crippen LogP contribution >= 0.6 is 11.8 Å². The molecule has 2 saturated heterocycles. The highest BCUT2D eigenvalue weighted by molar-refractivity contribution is 7.99. The number of rotatable bonds is 1. The predicted octanol–water partition coefficient (Wildman–Crippen LogP) is 3.83. The van der Waals surface area contributed by atoms with Crippen molar-refractivity contribution >= 4 is 11.8 Å². The zero-order chi connectivity index (χ0) is 12.8. The molecule has 1 nitrogen and oxygen atoms in total. The van der Waals surface area contributed by atoms with Crippen molar-refractivity contribution < 1.29 is 4.74 Å². The molecule has 3 saturated carbocycles. The number of ether oxygens (including phenoxy) is 1. The van der Waals surface area contributed by atoms with Crippen LogP contribution in [0.1, 0.15) is 39.5 Å². The lowest BCUT2D eigenvalue weighted by molar-refractivity contribution is 0.0705. The van der Waals surface area contributed by atoms with Crippen molar-refractivity contribution in [2.24, 2.45) is 40.9 Å². The molecule has 19 heavy (non-hydrogen) atoms. The molecule has 0 radical (unpaired) electrons. The Labute approximate surface area is 121 Å². The van der Waals surface area contributed by atoms with Crippen molar-refractivity contribution in [2.75, 3.05) is 11.5 Å². The first-order valence-corrected chi connectivity index (χ1v) is 9.58. The largest absolute Gasteiger partial charge is 0.370 e. The second-order valence-electron chi connectivity index (χ2n) is 8.31. The quantitative estimate of drug-likeness (QED) is 0.676. The zero-order valence-corrected chi connectivity index (χ0v) is 13.0. The van der Waals surface area contributed by atoms with E-state index in [2.05, 4.69) is 25.6 Å². The predicted molar refractivity (Wildman–Crippen MR) is 79.2 cm³/mol. The van der Waals surface area contributed by atoms with Gasteiger partial charge in [0.25, 0.3) is 0 Å². The summed E-state index contributed by atoms with van der Waals surface area (Å²) in [7, 11) is 0. The van der Waals surface area contributed by atoms with E-state index in [0.29, 0.717) is 12.2 Å². The molecular formula is C17H26OS. The van der Waals surface area contributed by atoms with E-state index in [4.69, 9.17) is 4.74 Å². The van der Waals surface area contributed by atoms with Gasteiger partial charge in [0.05, 0.1) is 12.2 Å². The van der Waals surface area contributed by atoms with Gasteiger partial charge in [-0.05, 0) is 85.0 Å². The fourth-order valence-corrected chi connectivity index (χ4v) is 8.59. The summed E-state index contributed by atoms with van der Waals surface area (Å²) in [6.07, 6.45) is 7.39. The SMILES string of the molecule is CC1CC(C2OC2C)C2C3CC(C12)C1(CCSC1)C3. The minimum atomic E-state index is 0.575. The lowest BCUT2D eigenvalue weighted by Gasteiger charge is -2.42. The highest BCUT2D eigenvalue weighted by Crippen LogP contribution is 2.72. The molecule has 0 aromatic carbocycles. The Balaban J connectivity index is 1.46. The molecule has 2 heterocycles. The third-order valence-corrected chi connectivity index (χ3v) is 8.85. The summed E-state index contributed by atoms with van der Waals surface area (Å²) in [5.74, 6) is 9.11. The van der Waals surface area contributed by atoms with Crippen molar-refractivity contribution in [1.29, 1.82) is 0 Å². The molecule has 0 N–H and O–H groups in total. The van der Waals surface area contributed by atoms with Crippen LogP contribution in [0, 0.1) is 40.9 Å². The van der Waals surface area contributed by atoms with Crippen LogP contribution in [0.2, 0.25) is 0 Å². The smallest absolute Gasteiger partial charge is 0.0870 e. The molecule has 0 aromatic heterocycles. The van der Waals surface area contributed by atoms with Gasteiger partial charge in [-0.3, -0.25) is 0 Å². The molecule has 2 aliphatic heterocycles. The maximum Gasteiger partial charge on any atom is 0.0870 e. The van der Waals surface area contributed by atoms with E-state index in [9.17, 15) is 0 Å². The summed E-state index contributed by atoms with van der Waals surface area (Å²) < 4.78 is 5.88. The van der Waals surface area contributed by atoms with Gasteiger partial charge in [-0.15, -0.1) is 0 Å². The summed E-state index contributed by atoms with van der Waals surface area (Å²) in [5, 5.41) is 0. The third-order valence-electron chi connectivity index (χ3n) is 7.57. The van der Waals surface area contributed by atoms with Crippen LogP contribution in [0.5, 0.6) is 0 Å². The first-order valence-electron chi connectivity index (χ1n) is 8.43. The maximum absolute atomic E-state index is 5.88. The molecule has 9 unspecified atom stereocenters. The van der Waals surface area contributed by atoms with Gasteiger partial charge in [-0.25, -0.2) is 0 Å². The second kappa shape index (κ2) is 3.74. The third kappa shape index (κ3) is 1.43. The molecule has 0 amide bonds. The molecular weight excluding hydrogens is 252 g/mol. The summed E-state index contributed by atoms with van der Waals surface area (Å²) in [6, 6.07) is 0. The minimum Gasteiger partial charge on any atom is -0.370 e. The fraction of sp³-hybridized carbons (Fsp3) is 1.00. The van der Waals surface area contributed by atoms with E-state index in [1.165, 1.54) is 24.3 Å². The van der Waals surface area contributed by atoms with Crippen LogP contribution in [0.4, 0.5) is 0 Å². The Bertz CT molecular complexity index is 402. The molecule has 1 spiro atoms. The molecule has 5 rings (SSSR count). The van der Waals surface area contributed by atoms with Crippen LogP contribution in [-0.4, -0.2) is 23.7 Å². The van der Waals surface area contributed by atoms with Crippen LogP contribution < -0.4 is 0 Å². The van der Waals surface area contributed by atoms with Crippen molar-refractivity contribution in [3.05, 3.63) is 0 Å². The van der Waals surface area contributed by atoms with Gasteiger partial charge in [-0.2, -0.15) is 11.8 Å². The Morgan fingerprint density at radius 3 is 2.68 bits per heavy atom. The van der Waals surface area contributed by atoms with E-state index < -0.39 is 0 Å². The number of thioether (sulfide) groups is 1. The van der Waals surface area contributed by atoms with Gasteiger partial charge in [0, 0.05) is 0 Å². The Morgan fingerprint density at radius 2 is 2.00 bits per heavy atom. The molecule has 3 aliphatic carbocycles. The normalized spacial score (nSPS) is 66.0. The fourth-order valence-electron chi connectivity index (χ4n) is 7.01. The molecule has 2 bridgehead atoms. The van der Waals surface area contributed by atoms with Crippen molar-refractivity contribution in [2.45, 2.75) is 51.7 Å². The number of hydrogen-bond donors (Lipinski definition) is 0. The van der Waals surface area contributed by atoms with Gasteiger partial charge < -0.3 is 4.74 Å². The lowest BCUT2D eigenvalue weighted by atomic mass is 9.63. The highest BCUT2D eigenvalue weighted by Gasteiger charge is 2.67. The van der Waals surface area contributed by atoms with Gasteiger partial charge in [0.15, 0.2) is 0 Å². The summed E-state index contributed by atoms with van der Waals surface area (Å²) >= 11 is 2.24. The van der Waals surface area contributed by atoms with E-state index in [0.717, 1.165) is 40.9 Å². The standard InChI is InChI=1S/C17H26OS/c1-9-5-12(16-10(2)18-16)15-11-6-13(14(9)15)17(7-11)3-4-19-8-17/h9-16H,3-8H2,1-2H3. The van der Waals surface area contributed by atoms with Gasteiger partial charge in [0.2, 0.25) is 0 Å². The highest BCUT2D eigenvalue weighted by atomic mass is 32.2. The minimum absolute atomic E-state index is 0.575. The van der Waals surface area contributed by atoms with E-state index in [1.54, 1.807) is 12.8 Å². The van der Waals surface area contributed by atoms with Crippen molar-refractivity contribution in [3.8, 4) is 0 Å². The Hall–Kier alpha value is 0.310. The summed E-state index contributed by atoms with van der Waals surface area (Å²) in [4.78, 5) is 0. The van der Waals surface area contributed by atoms with E-state index in [-0.39, 0.29) is 0 Å². The number of hydrogen-bond acceptors (Lipinski definition) is 2. The molecule has 5 fully saturated rings. The molecule has 0 aromatic rings. The molecule has 9 atom stereocenters. The topological polar surface area (TPSA) is 12.5 Å². The van der Waals surface area contributed by atoms with Crippen LogP contribution in [0.25, 0.3) is 0 Å². The van der Waals surface area contributed by atoms with Gasteiger partial charge >= 0.3 is 0 Å². The first kappa shape index (κ1) is 11.9.